The van der Waals surface area contributed by atoms with E-state index in [9.17, 15) is 9.90 Å². The van der Waals surface area contributed by atoms with Crippen LogP contribution in [0.5, 0.6) is 0 Å². The number of carbonyl (C=O) groups is 1. The van der Waals surface area contributed by atoms with Gasteiger partial charge in [0.25, 0.3) is 0 Å². The number of carboxylic acid groups (broad SMARTS) is 1. The number of thiazole rings is 1. The maximum atomic E-state index is 11.2. The summed E-state index contributed by atoms with van der Waals surface area (Å²) in [7, 11) is 0. The fraction of sp³-hybridized carbons (Fsp3) is 0.692. The maximum Gasteiger partial charge on any atom is 0.355 e. The van der Waals surface area contributed by atoms with E-state index in [-0.39, 0.29) is 5.69 Å². The first-order chi connectivity index (χ1) is 8.70. The zero-order valence-electron chi connectivity index (χ0n) is 10.8. The van der Waals surface area contributed by atoms with Crippen LogP contribution in [0.15, 0.2) is 0 Å². The van der Waals surface area contributed by atoms with Gasteiger partial charge in [0.2, 0.25) is 0 Å². The number of aryl methyl sites for hydroxylation is 1. The predicted molar refractivity (Wildman–Crippen MR) is 72.2 cm³/mol. The van der Waals surface area contributed by atoms with E-state index in [2.05, 4.69) is 16.8 Å². The monoisotopic (exact) mass is 268 g/mol. The van der Waals surface area contributed by atoms with Crippen LogP contribution in [-0.4, -0.2) is 34.0 Å². The van der Waals surface area contributed by atoms with Crippen molar-refractivity contribution in [2.45, 2.75) is 45.6 Å². The Kier molecular flexibility index (Phi) is 4.72. The first-order valence-corrected chi connectivity index (χ1v) is 7.46. The number of likely N-dealkylation sites (tertiary alicyclic amines) is 1. The molecular formula is C13H20N2O2S. The first kappa shape index (κ1) is 13.5. The smallest absolute Gasteiger partial charge is 0.355 e. The van der Waals surface area contributed by atoms with E-state index in [0.717, 1.165) is 42.4 Å². The summed E-state index contributed by atoms with van der Waals surface area (Å²) in [6.45, 7) is 5.01. The summed E-state index contributed by atoms with van der Waals surface area (Å²) in [5, 5.41) is 10.2. The minimum absolute atomic E-state index is 0.272. The number of hydrogen-bond donors (Lipinski definition) is 1. The average molecular weight is 268 g/mol. The molecule has 1 fully saturated rings. The van der Waals surface area contributed by atoms with E-state index < -0.39 is 5.97 Å². The molecule has 0 unspecified atom stereocenters. The van der Waals surface area contributed by atoms with Crippen molar-refractivity contribution in [2.75, 3.05) is 13.1 Å². The lowest BCUT2D eigenvalue weighted by atomic mass is 10.1. The van der Waals surface area contributed by atoms with Gasteiger partial charge in [-0.05, 0) is 38.8 Å². The van der Waals surface area contributed by atoms with Crippen LogP contribution in [0.4, 0.5) is 0 Å². The maximum absolute atomic E-state index is 11.2. The molecule has 0 aliphatic carbocycles. The second kappa shape index (κ2) is 6.29. The summed E-state index contributed by atoms with van der Waals surface area (Å²) in [5.41, 5.74) is 0.272. The summed E-state index contributed by atoms with van der Waals surface area (Å²) in [4.78, 5) is 18.7. The fourth-order valence-electron chi connectivity index (χ4n) is 2.32. The normalized spacial score (nSPS) is 16.9. The third-order valence-corrected chi connectivity index (χ3v) is 4.32. The number of carboxylic acids is 1. The van der Waals surface area contributed by atoms with E-state index in [0.29, 0.717) is 0 Å². The molecule has 0 saturated carbocycles. The Morgan fingerprint density at radius 1 is 1.39 bits per heavy atom. The summed E-state index contributed by atoms with van der Waals surface area (Å²) < 4.78 is 0. The summed E-state index contributed by atoms with van der Waals surface area (Å²) in [6.07, 6.45) is 5.64. The van der Waals surface area contributed by atoms with Crippen molar-refractivity contribution in [3.8, 4) is 0 Å². The Labute approximate surface area is 112 Å². The van der Waals surface area contributed by atoms with Gasteiger partial charge in [-0.1, -0.05) is 13.3 Å². The van der Waals surface area contributed by atoms with E-state index in [1.54, 1.807) is 11.3 Å². The van der Waals surface area contributed by atoms with Crippen LogP contribution < -0.4 is 0 Å². The van der Waals surface area contributed by atoms with Gasteiger partial charge in [0.1, 0.15) is 0 Å². The van der Waals surface area contributed by atoms with Crippen LogP contribution >= 0.6 is 11.3 Å². The Morgan fingerprint density at radius 2 is 2.11 bits per heavy atom. The second-order valence-electron chi connectivity index (χ2n) is 4.77. The minimum atomic E-state index is -0.888. The molecule has 0 spiro atoms. The molecule has 1 N–H and O–H groups in total. The zero-order chi connectivity index (χ0) is 13.0. The van der Waals surface area contributed by atoms with E-state index in [1.807, 2.05) is 0 Å². The fourth-order valence-corrected chi connectivity index (χ4v) is 3.52. The molecule has 0 aromatic carbocycles. The van der Waals surface area contributed by atoms with Crippen molar-refractivity contribution < 1.29 is 9.90 Å². The lowest BCUT2D eigenvalue weighted by Crippen LogP contribution is -2.29. The van der Waals surface area contributed by atoms with Gasteiger partial charge < -0.3 is 5.11 Å². The summed E-state index contributed by atoms with van der Waals surface area (Å²) >= 11 is 1.57. The average Bonchev–Trinajstić information content (AvgIpc) is 2.74. The molecule has 5 heteroatoms. The Bertz CT molecular complexity index is 411. The standard InChI is InChI=1S/C13H20N2O2S/c1-2-6-11-14-12(13(16)17)10(18-11)9-15-7-4-3-5-8-15/h2-9H2,1H3,(H,16,17). The Balaban J connectivity index is 2.11. The number of piperidine rings is 1. The number of aromatic carboxylic acids is 1. The molecule has 0 amide bonds. The Morgan fingerprint density at radius 3 is 2.72 bits per heavy atom. The van der Waals surface area contributed by atoms with Crippen LogP contribution in [-0.2, 0) is 13.0 Å². The third kappa shape index (κ3) is 3.29. The van der Waals surface area contributed by atoms with E-state index in [1.165, 1.54) is 19.3 Å². The van der Waals surface area contributed by atoms with Crippen molar-refractivity contribution in [3.63, 3.8) is 0 Å². The lowest BCUT2D eigenvalue weighted by molar-refractivity contribution is 0.0688. The molecule has 1 aromatic heterocycles. The van der Waals surface area contributed by atoms with Crippen LogP contribution in [0.25, 0.3) is 0 Å². The predicted octanol–water partition coefficient (Wildman–Crippen LogP) is 2.78. The topological polar surface area (TPSA) is 53.4 Å². The van der Waals surface area contributed by atoms with Gasteiger partial charge in [0, 0.05) is 6.54 Å². The van der Waals surface area contributed by atoms with Gasteiger partial charge in [-0.2, -0.15) is 0 Å². The zero-order valence-corrected chi connectivity index (χ0v) is 11.6. The molecule has 18 heavy (non-hydrogen) atoms. The van der Waals surface area contributed by atoms with E-state index >= 15 is 0 Å². The van der Waals surface area contributed by atoms with Crippen molar-refractivity contribution in [2.24, 2.45) is 0 Å². The molecule has 1 saturated heterocycles. The van der Waals surface area contributed by atoms with Crippen LogP contribution in [0, 0.1) is 0 Å². The molecule has 2 rings (SSSR count). The number of aromatic nitrogens is 1. The van der Waals surface area contributed by atoms with Crippen LogP contribution in [0.2, 0.25) is 0 Å². The second-order valence-corrected chi connectivity index (χ2v) is 5.94. The molecule has 0 atom stereocenters. The number of nitrogens with zero attached hydrogens (tertiary/aromatic N) is 2. The van der Waals surface area contributed by atoms with Gasteiger partial charge in [-0.25, -0.2) is 9.78 Å². The largest absolute Gasteiger partial charge is 0.476 e. The third-order valence-electron chi connectivity index (χ3n) is 3.22. The van der Waals surface area contributed by atoms with Gasteiger partial charge in [-0.15, -0.1) is 11.3 Å². The molecule has 0 radical (unpaired) electrons. The number of rotatable bonds is 5. The van der Waals surface area contributed by atoms with Crippen LogP contribution in [0.3, 0.4) is 0 Å². The van der Waals surface area contributed by atoms with E-state index in [4.69, 9.17) is 0 Å². The summed E-state index contributed by atoms with van der Waals surface area (Å²) in [6, 6.07) is 0. The van der Waals surface area contributed by atoms with Gasteiger partial charge in [0.05, 0.1) is 9.88 Å². The minimum Gasteiger partial charge on any atom is -0.476 e. The SMILES string of the molecule is CCCc1nc(C(=O)O)c(CN2CCCCC2)s1. The number of hydrogen-bond acceptors (Lipinski definition) is 4. The molecule has 1 aliphatic heterocycles. The molecule has 2 heterocycles. The molecular weight excluding hydrogens is 248 g/mol. The summed E-state index contributed by atoms with van der Waals surface area (Å²) in [5.74, 6) is -0.888. The first-order valence-electron chi connectivity index (χ1n) is 6.65. The van der Waals surface area contributed by atoms with Crippen LogP contribution in [0.1, 0.15) is 53.0 Å². The molecule has 1 aromatic rings. The van der Waals surface area contributed by atoms with Gasteiger partial charge >= 0.3 is 5.97 Å². The highest BCUT2D eigenvalue weighted by atomic mass is 32.1. The lowest BCUT2D eigenvalue weighted by Gasteiger charge is -2.25. The van der Waals surface area contributed by atoms with Crippen molar-refractivity contribution in [1.29, 1.82) is 0 Å². The Hall–Kier alpha value is -0.940. The highest BCUT2D eigenvalue weighted by Gasteiger charge is 2.20. The molecule has 0 bridgehead atoms. The quantitative estimate of drug-likeness (QED) is 0.892. The van der Waals surface area contributed by atoms with Gasteiger partial charge in [0.15, 0.2) is 5.69 Å². The molecule has 1 aliphatic rings. The van der Waals surface area contributed by atoms with Crippen molar-refractivity contribution in [1.82, 2.24) is 9.88 Å². The molecule has 4 nitrogen and oxygen atoms in total. The highest BCUT2D eigenvalue weighted by molar-refractivity contribution is 7.11. The molecule has 100 valence electrons. The highest BCUT2D eigenvalue weighted by Crippen LogP contribution is 2.23. The van der Waals surface area contributed by atoms with Crippen molar-refractivity contribution in [3.05, 3.63) is 15.6 Å². The van der Waals surface area contributed by atoms with Crippen molar-refractivity contribution >= 4 is 17.3 Å². The van der Waals surface area contributed by atoms with Gasteiger partial charge in [-0.3, -0.25) is 4.90 Å².